The van der Waals surface area contributed by atoms with E-state index in [2.05, 4.69) is 40.8 Å². The molecule has 0 spiro atoms. The Morgan fingerprint density at radius 2 is 1.56 bits per heavy atom. The third-order valence-corrected chi connectivity index (χ3v) is 5.49. The third kappa shape index (κ3) is 4.43. The molecule has 2 aliphatic heterocycles. The van der Waals surface area contributed by atoms with E-state index < -0.39 is 11.6 Å². The van der Waals surface area contributed by atoms with Crippen LogP contribution in [0.1, 0.15) is 5.56 Å². The Balaban J connectivity index is 1.33. The first kappa shape index (κ1) is 21.5. The van der Waals surface area contributed by atoms with Crippen molar-refractivity contribution in [2.45, 2.75) is 6.54 Å². The number of aromatic nitrogens is 3. The number of pyridine rings is 1. The van der Waals surface area contributed by atoms with Crippen LogP contribution in [0.3, 0.4) is 0 Å². The van der Waals surface area contributed by atoms with Crippen LogP contribution < -0.4 is 4.74 Å². The minimum absolute atomic E-state index is 0.0543. The minimum Gasteiger partial charge on any atom is -0.490 e. The first-order valence-electron chi connectivity index (χ1n) is 10.8. The highest BCUT2D eigenvalue weighted by atomic mass is 19.2. The first-order valence-corrected chi connectivity index (χ1v) is 10.8. The van der Waals surface area contributed by atoms with Crippen LogP contribution in [0.15, 0.2) is 97.8 Å². The largest absolute Gasteiger partial charge is 0.490 e. The Hall–Kier alpha value is -4.32. The Morgan fingerprint density at radius 1 is 0.853 bits per heavy atom. The quantitative estimate of drug-likeness (QED) is 0.260. The Morgan fingerprint density at radius 3 is 2.29 bits per heavy atom. The number of fused-ring (bicyclic) bond motifs is 1. The molecule has 0 N–H and O–H groups in total. The summed E-state index contributed by atoms with van der Waals surface area (Å²) in [5.41, 5.74) is 4.65. The van der Waals surface area contributed by atoms with Gasteiger partial charge in [0, 0.05) is 18.9 Å². The van der Waals surface area contributed by atoms with Crippen LogP contribution >= 0.6 is 0 Å². The Bertz CT molecular complexity index is 1410. The molecule has 0 saturated carbocycles. The van der Waals surface area contributed by atoms with Crippen molar-refractivity contribution in [3.63, 3.8) is 0 Å². The highest BCUT2D eigenvalue weighted by molar-refractivity contribution is 5.66. The van der Waals surface area contributed by atoms with Gasteiger partial charge < -0.3 is 9.30 Å². The predicted molar refractivity (Wildman–Crippen MR) is 129 cm³/mol. The molecule has 2 aliphatic rings. The van der Waals surface area contributed by atoms with Crippen molar-refractivity contribution in [1.29, 1.82) is 0 Å². The maximum absolute atomic E-state index is 14.1. The number of imidazole rings is 1. The Labute approximate surface area is 196 Å². The standard InChI is InChI=1S/C28H21F2N3O/c1-2-16-34-22-12-10-21(11-13-22)20-8-6-19(7-9-20)17-33-15-14-25-26(18-33)32-28(31-25)23-4-3-5-24(29)27(23)30/h2-15,18H,1,16-17H2. The van der Waals surface area contributed by atoms with Crippen LogP contribution in [-0.4, -0.2) is 21.1 Å². The Kier molecular flexibility index (Phi) is 5.87. The van der Waals surface area contributed by atoms with E-state index in [4.69, 9.17) is 4.74 Å². The van der Waals surface area contributed by atoms with E-state index in [1.807, 2.05) is 47.3 Å². The lowest BCUT2D eigenvalue weighted by molar-refractivity contribution is 0.363. The fourth-order valence-corrected chi connectivity index (χ4v) is 3.76. The molecule has 3 aromatic carbocycles. The molecule has 0 aliphatic carbocycles. The van der Waals surface area contributed by atoms with E-state index in [0.717, 1.165) is 28.5 Å². The van der Waals surface area contributed by atoms with Crippen molar-refractivity contribution in [2.75, 3.05) is 6.61 Å². The van der Waals surface area contributed by atoms with E-state index in [9.17, 15) is 8.78 Å². The second kappa shape index (κ2) is 9.27. The van der Waals surface area contributed by atoms with Gasteiger partial charge in [-0.05, 0) is 47.0 Å². The molecule has 0 fully saturated rings. The molecule has 0 amide bonds. The molecule has 5 rings (SSSR count). The van der Waals surface area contributed by atoms with Crippen molar-refractivity contribution in [1.82, 2.24) is 14.5 Å². The van der Waals surface area contributed by atoms with Gasteiger partial charge in [0.1, 0.15) is 18.1 Å². The highest BCUT2D eigenvalue weighted by Crippen LogP contribution is 2.28. The van der Waals surface area contributed by atoms with Gasteiger partial charge in [-0.15, -0.1) is 0 Å². The summed E-state index contributed by atoms with van der Waals surface area (Å²) in [5.74, 6) is -0.868. The van der Waals surface area contributed by atoms with Crippen LogP contribution in [-0.2, 0) is 6.54 Å². The van der Waals surface area contributed by atoms with Gasteiger partial charge in [0.25, 0.3) is 0 Å². The molecule has 0 radical (unpaired) electrons. The number of benzene rings is 3. The zero-order valence-corrected chi connectivity index (χ0v) is 18.3. The molecule has 6 heteroatoms. The topological polar surface area (TPSA) is 39.9 Å². The summed E-state index contributed by atoms with van der Waals surface area (Å²) in [4.78, 5) is 8.77. The van der Waals surface area contributed by atoms with Gasteiger partial charge in [0.05, 0.1) is 11.3 Å². The van der Waals surface area contributed by atoms with Gasteiger partial charge in [0.15, 0.2) is 17.5 Å². The van der Waals surface area contributed by atoms with Gasteiger partial charge in [-0.1, -0.05) is 55.1 Å². The maximum Gasteiger partial charge on any atom is 0.169 e. The summed E-state index contributed by atoms with van der Waals surface area (Å²) in [7, 11) is 0. The van der Waals surface area contributed by atoms with E-state index in [1.54, 1.807) is 6.08 Å². The summed E-state index contributed by atoms with van der Waals surface area (Å²) >= 11 is 0. The lowest BCUT2D eigenvalue weighted by atomic mass is 10.0. The molecule has 0 saturated heterocycles. The average Bonchev–Trinajstić information content (AvgIpc) is 3.28. The minimum atomic E-state index is -0.940. The first-order chi connectivity index (χ1) is 16.6. The van der Waals surface area contributed by atoms with Crippen molar-refractivity contribution in [3.05, 3.63) is 115 Å². The van der Waals surface area contributed by atoms with Gasteiger partial charge in [-0.2, -0.15) is 0 Å². The maximum atomic E-state index is 14.1. The number of hydrogen-bond donors (Lipinski definition) is 0. The van der Waals surface area contributed by atoms with Crippen molar-refractivity contribution < 1.29 is 13.5 Å². The number of nitrogens with zero attached hydrogens (tertiary/aromatic N) is 3. The number of halogens is 2. The van der Waals surface area contributed by atoms with Gasteiger partial charge in [0.2, 0.25) is 0 Å². The van der Waals surface area contributed by atoms with Crippen molar-refractivity contribution in [3.8, 4) is 39.7 Å². The molecule has 2 heterocycles. The van der Waals surface area contributed by atoms with Crippen molar-refractivity contribution >= 4 is 0 Å². The lowest BCUT2D eigenvalue weighted by Gasteiger charge is -2.10. The molecule has 4 nitrogen and oxygen atoms in total. The lowest BCUT2D eigenvalue weighted by Crippen LogP contribution is -2.00. The normalized spacial score (nSPS) is 11.0. The molecular weight excluding hydrogens is 432 g/mol. The smallest absolute Gasteiger partial charge is 0.169 e. The zero-order chi connectivity index (χ0) is 23.5. The molecular formula is C28H21F2N3O. The number of hydrogen-bond acceptors (Lipinski definition) is 3. The fraction of sp³-hybridized carbons (Fsp3) is 0.0714. The fourth-order valence-electron chi connectivity index (χ4n) is 3.76. The number of rotatable bonds is 7. The van der Waals surface area contributed by atoms with Crippen LogP contribution in [0, 0.1) is 11.6 Å². The zero-order valence-electron chi connectivity index (χ0n) is 18.3. The molecule has 0 aromatic heterocycles. The second-order valence-corrected chi connectivity index (χ2v) is 7.86. The van der Waals surface area contributed by atoms with E-state index >= 15 is 0 Å². The van der Waals surface area contributed by atoms with Gasteiger partial charge >= 0.3 is 0 Å². The van der Waals surface area contributed by atoms with Crippen LogP contribution in [0.2, 0.25) is 0 Å². The van der Waals surface area contributed by atoms with Crippen LogP contribution in [0.25, 0.3) is 33.9 Å². The molecule has 0 bridgehead atoms. The summed E-state index contributed by atoms with van der Waals surface area (Å²) in [5, 5.41) is 0. The van der Waals surface area contributed by atoms with Gasteiger partial charge in [-0.25, -0.2) is 18.7 Å². The van der Waals surface area contributed by atoms with E-state index in [1.165, 1.54) is 12.1 Å². The molecule has 3 aromatic rings. The summed E-state index contributed by atoms with van der Waals surface area (Å²) in [6.45, 7) is 4.78. The van der Waals surface area contributed by atoms with Crippen LogP contribution in [0.5, 0.6) is 5.75 Å². The van der Waals surface area contributed by atoms with Crippen LogP contribution in [0.4, 0.5) is 8.78 Å². The van der Waals surface area contributed by atoms with E-state index in [-0.39, 0.29) is 11.4 Å². The SMILES string of the molecule is C=CCOc1ccc(-c2ccc(Cn3ccc4nc(-c5cccc(F)c5F)nc-4c3)cc2)cc1. The monoisotopic (exact) mass is 453 g/mol. The van der Waals surface area contributed by atoms with Gasteiger partial charge in [-0.3, -0.25) is 0 Å². The number of ether oxygens (including phenoxy) is 1. The average molecular weight is 453 g/mol. The summed E-state index contributed by atoms with van der Waals surface area (Å²) < 4.78 is 35.2. The molecule has 0 atom stereocenters. The molecule has 168 valence electrons. The summed E-state index contributed by atoms with van der Waals surface area (Å²) in [6, 6.07) is 22.1. The molecule has 34 heavy (non-hydrogen) atoms. The van der Waals surface area contributed by atoms with E-state index in [0.29, 0.717) is 24.5 Å². The summed E-state index contributed by atoms with van der Waals surface area (Å²) in [6.07, 6.45) is 5.48. The molecule has 0 unspecified atom stereocenters. The third-order valence-electron chi connectivity index (χ3n) is 5.49. The highest BCUT2D eigenvalue weighted by Gasteiger charge is 2.17. The second-order valence-electron chi connectivity index (χ2n) is 7.86. The van der Waals surface area contributed by atoms with Crippen molar-refractivity contribution in [2.24, 2.45) is 0 Å². The predicted octanol–water partition coefficient (Wildman–Crippen LogP) is 6.61.